The molecular weight excluding hydrogens is 400 g/mol. The molecule has 10 heteroatoms. The summed E-state index contributed by atoms with van der Waals surface area (Å²) in [6.07, 6.45) is 0.731. The van der Waals surface area contributed by atoms with Crippen molar-refractivity contribution in [1.82, 2.24) is 19.8 Å². The molecule has 2 heterocycles. The molecule has 0 radical (unpaired) electrons. The molecule has 8 nitrogen and oxygen atoms in total. The molecule has 0 fully saturated rings. The van der Waals surface area contributed by atoms with Crippen molar-refractivity contribution in [1.29, 1.82) is 0 Å². The van der Waals surface area contributed by atoms with Crippen LogP contribution in [0.4, 0.5) is 0 Å². The van der Waals surface area contributed by atoms with E-state index >= 15 is 0 Å². The lowest BCUT2D eigenvalue weighted by Crippen LogP contribution is -2.27. The Balaban J connectivity index is 1.76. The van der Waals surface area contributed by atoms with Gasteiger partial charge in [0.2, 0.25) is 15.9 Å². The zero-order chi connectivity index (χ0) is 20.3. The van der Waals surface area contributed by atoms with Crippen LogP contribution in [0.1, 0.15) is 34.9 Å². The van der Waals surface area contributed by atoms with E-state index in [0.29, 0.717) is 5.56 Å². The molecule has 148 valence electrons. The molecule has 0 saturated carbocycles. The number of carbonyl (C=O) groups is 1. The summed E-state index contributed by atoms with van der Waals surface area (Å²) in [7, 11) is -0.590. The number of benzene rings is 1. The van der Waals surface area contributed by atoms with Crippen molar-refractivity contribution in [3.8, 4) is 11.5 Å². The topological polar surface area (TPSA) is 105 Å². The summed E-state index contributed by atoms with van der Waals surface area (Å²) in [6, 6.07) is 9.80. The van der Waals surface area contributed by atoms with Crippen LogP contribution in [0.2, 0.25) is 0 Å². The predicted molar refractivity (Wildman–Crippen MR) is 105 cm³/mol. The molecule has 2 aromatic heterocycles. The maximum absolute atomic E-state index is 12.4. The second-order valence-corrected chi connectivity index (χ2v) is 9.30. The molecule has 0 aliphatic heterocycles. The minimum absolute atomic E-state index is 0.127. The van der Waals surface area contributed by atoms with Gasteiger partial charge in [0.25, 0.3) is 0 Å². The lowest BCUT2D eigenvalue weighted by Gasteiger charge is -2.13. The Hall–Kier alpha value is -2.56. The number of nitrogens with one attached hydrogen (secondary N) is 1. The van der Waals surface area contributed by atoms with Crippen LogP contribution in [-0.2, 0) is 10.0 Å². The molecule has 0 spiro atoms. The van der Waals surface area contributed by atoms with Crippen LogP contribution in [0, 0.1) is 0 Å². The van der Waals surface area contributed by atoms with Crippen LogP contribution in [-0.4, -0.2) is 42.9 Å². The van der Waals surface area contributed by atoms with Crippen molar-refractivity contribution in [2.24, 2.45) is 0 Å². The number of sulfonamides is 1. The van der Waals surface area contributed by atoms with Crippen molar-refractivity contribution in [2.75, 3.05) is 14.1 Å². The third kappa shape index (κ3) is 4.13. The van der Waals surface area contributed by atoms with Crippen molar-refractivity contribution in [2.45, 2.75) is 24.3 Å². The summed E-state index contributed by atoms with van der Waals surface area (Å²) >= 11 is 1.57. The smallest absolute Gasteiger partial charge is 0.309 e. The van der Waals surface area contributed by atoms with Gasteiger partial charge >= 0.3 is 11.8 Å². The second kappa shape index (κ2) is 8.21. The van der Waals surface area contributed by atoms with Gasteiger partial charge in [-0.3, -0.25) is 4.79 Å². The molecule has 0 aliphatic rings. The molecule has 1 amide bonds. The van der Waals surface area contributed by atoms with Gasteiger partial charge < -0.3 is 9.73 Å². The summed E-state index contributed by atoms with van der Waals surface area (Å²) < 4.78 is 30.9. The molecular formula is C18H20N4O4S2. The van der Waals surface area contributed by atoms with Gasteiger partial charge in [-0.2, -0.15) is 0 Å². The Bertz CT molecular complexity index is 1040. The van der Waals surface area contributed by atoms with Gasteiger partial charge in [0.05, 0.1) is 10.9 Å². The monoisotopic (exact) mass is 420 g/mol. The molecule has 0 aliphatic carbocycles. The first-order valence-electron chi connectivity index (χ1n) is 8.53. The van der Waals surface area contributed by atoms with Crippen molar-refractivity contribution >= 4 is 27.3 Å². The van der Waals surface area contributed by atoms with Crippen molar-refractivity contribution in [3.05, 3.63) is 52.5 Å². The minimum atomic E-state index is -3.52. The first-order chi connectivity index (χ1) is 13.3. The van der Waals surface area contributed by atoms with E-state index in [1.54, 1.807) is 23.5 Å². The molecule has 0 saturated heterocycles. The van der Waals surface area contributed by atoms with E-state index in [1.165, 1.54) is 26.2 Å². The van der Waals surface area contributed by atoms with Gasteiger partial charge in [-0.05, 0) is 42.1 Å². The fraction of sp³-hybridized carbons (Fsp3) is 0.278. The molecule has 1 aromatic carbocycles. The highest BCUT2D eigenvalue weighted by molar-refractivity contribution is 7.89. The highest BCUT2D eigenvalue weighted by Gasteiger charge is 2.21. The van der Waals surface area contributed by atoms with E-state index in [1.807, 2.05) is 24.4 Å². The third-order valence-electron chi connectivity index (χ3n) is 4.10. The van der Waals surface area contributed by atoms with Gasteiger partial charge in [-0.1, -0.05) is 13.0 Å². The number of hydrogen-bond acceptors (Lipinski definition) is 7. The summed E-state index contributed by atoms with van der Waals surface area (Å²) in [5, 5.41) is 12.5. The Morgan fingerprint density at radius 1 is 1.21 bits per heavy atom. The molecule has 1 atom stereocenters. The minimum Gasteiger partial charge on any atom is -0.412 e. The van der Waals surface area contributed by atoms with E-state index in [0.717, 1.165) is 15.6 Å². The highest BCUT2D eigenvalue weighted by Crippen LogP contribution is 2.24. The number of rotatable bonds is 7. The van der Waals surface area contributed by atoms with Crippen LogP contribution in [0.15, 0.2) is 51.1 Å². The summed E-state index contributed by atoms with van der Waals surface area (Å²) in [6.45, 7) is 1.98. The van der Waals surface area contributed by atoms with Gasteiger partial charge in [0.1, 0.15) is 0 Å². The normalized spacial score (nSPS) is 12.9. The quantitative estimate of drug-likeness (QED) is 0.630. The van der Waals surface area contributed by atoms with Crippen molar-refractivity contribution < 1.29 is 17.6 Å². The lowest BCUT2D eigenvalue weighted by molar-refractivity contribution is 0.0901. The van der Waals surface area contributed by atoms with Crippen LogP contribution in [0.25, 0.3) is 11.5 Å². The van der Waals surface area contributed by atoms with E-state index in [-0.39, 0.29) is 22.7 Å². The zero-order valence-electron chi connectivity index (χ0n) is 15.6. The first kappa shape index (κ1) is 20.2. The molecule has 28 heavy (non-hydrogen) atoms. The number of thiophene rings is 1. The van der Waals surface area contributed by atoms with Gasteiger partial charge in [0, 0.05) is 24.5 Å². The molecule has 1 unspecified atom stereocenters. The number of nitrogens with zero attached hydrogens (tertiary/aromatic N) is 3. The molecule has 1 N–H and O–H groups in total. The van der Waals surface area contributed by atoms with Crippen LogP contribution >= 0.6 is 11.3 Å². The van der Waals surface area contributed by atoms with E-state index < -0.39 is 15.9 Å². The number of carbonyl (C=O) groups excluding carboxylic acids is 1. The Kier molecular flexibility index (Phi) is 5.92. The SMILES string of the molecule is CCC(NC(=O)c1nnc(-c2ccc(S(=O)(=O)N(C)C)cc2)o1)c1cccs1. The van der Waals surface area contributed by atoms with E-state index in [2.05, 4.69) is 15.5 Å². The highest BCUT2D eigenvalue weighted by atomic mass is 32.2. The van der Waals surface area contributed by atoms with Gasteiger partial charge in [0.15, 0.2) is 0 Å². The Labute approximate surface area is 167 Å². The fourth-order valence-electron chi connectivity index (χ4n) is 2.50. The van der Waals surface area contributed by atoms with Gasteiger partial charge in [-0.15, -0.1) is 21.5 Å². The Morgan fingerprint density at radius 3 is 2.50 bits per heavy atom. The number of aromatic nitrogens is 2. The van der Waals surface area contributed by atoms with Crippen LogP contribution in [0.5, 0.6) is 0 Å². The number of hydrogen-bond donors (Lipinski definition) is 1. The second-order valence-electron chi connectivity index (χ2n) is 6.17. The first-order valence-corrected chi connectivity index (χ1v) is 10.9. The maximum Gasteiger partial charge on any atom is 0.309 e. The average molecular weight is 421 g/mol. The average Bonchev–Trinajstić information content (AvgIpc) is 3.38. The van der Waals surface area contributed by atoms with Crippen LogP contribution in [0.3, 0.4) is 0 Å². The standard InChI is InChI=1S/C18H20N4O4S2/c1-4-14(15-6-5-11-27-15)19-16(23)18-21-20-17(26-18)12-7-9-13(10-8-12)28(24,25)22(2)3/h5-11,14H,4H2,1-3H3,(H,19,23). The summed E-state index contributed by atoms with van der Waals surface area (Å²) in [5.74, 6) is -0.455. The molecule has 0 bridgehead atoms. The van der Waals surface area contributed by atoms with Crippen LogP contribution < -0.4 is 5.32 Å². The lowest BCUT2D eigenvalue weighted by atomic mass is 10.2. The molecule has 3 rings (SSSR count). The largest absolute Gasteiger partial charge is 0.412 e. The fourth-order valence-corrected chi connectivity index (χ4v) is 4.26. The predicted octanol–water partition coefficient (Wildman–Crippen LogP) is 2.93. The maximum atomic E-state index is 12.4. The van der Waals surface area contributed by atoms with Gasteiger partial charge in [-0.25, -0.2) is 12.7 Å². The number of amides is 1. The molecule has 3 aromatic rings. The zero-order valence-corrected chi connectivity index (χ0v) is 17.3. The van der Waals surface area contributed by atoms with E-state index in [4.69, 9.17) is 4.42 Å². The van der Waals surface area contributed by atoms with E-state index in [9.17, 15) is 13.2 Å². The summed E-state index contributed by atoms with van der Waals surface area (Å²) in [4.78, 5) is 13.6. The summed E-state index contributed by atoms with van der Waals surface area (Å²) in [5.41, 5.74) is 0.523. The Morgan fingerprint density at radius 2 is 1.93 bits per heavy atom. The van der Waals surface area contributed by atoms with Crippen molar-refractivity contribution in [3.63, 3.8) is 0 Å². The third-order valence-corrected chi connectivity index (χ3v) is 6.91.